The Labute approximate surface area is 280 Å². The lowest BCUT2D eigenvalue weighted by Gasteiger charge is -2.54. The van der Waals surface area contributed by atoms with Gasteiger partial charge in [-0.3, -0.25) is 29.0 Å². The van der Waals surface area contributed by atoms with Gasteiger partial charge in [0.2, 0.25) is 23.6 Å². The molecule has 2 aromatic carbocycles. The van der Waals surface area contributed by atoms with Crippen molar-refractivity contribution in [2.45, 2.75) is 109 Å². The highest BCUT2D eigenvalue weighted by Gasteiger charge is 2.60. The quantitative estimate of drug-likeness (QED) is 0.305. The van der Waals surface area contributed by atoms with E-state index in [0.717, 1.165) is 11.1 Å². The molecule has 3 saturated heterocycles. The second-order valence-corrected chi connectivity index (χ2v) is 16.4. The molecule has 2 aromatic rings. The molecule has 0 N–H and O–H groups in total. The lowest BCUT2D eigenvalue weighted by Crippen LogP contribution is -2.64. The Kier molecular flexibility index (Phi) is 9.12. The topological polar surface area (TPSA) is 87.2 Å². The van der Waals surface area contributed by atoms with E-state index in [-0.39, 0.29) is 41.5 Å². The van der Waals surface area contributed by atoms with Crippen LogP contribution in [-0.4, -0.2) is 69.8 Å². The third-order valence-corrected chi connectivity index (χ3v) is 11.6. The van der Waals surface area contributed by atoms with Crippen LogP contribution >= 0.6 is 0 Å². The number of benzene rings is 2. The highest BCUT2D eigenvalue weighted by Crippen LogP contribution is 2.52. The second kappa shape index (κ2) is 12.3. The van der Waals surface area contributed by atoms with Gasteiger partial charge >= 0.3 is 0 Å². The maximum atomic E-state index is 14.5. The van der Waals surface area contributed by atoms with Gasteiger partial charge in [0.05, 0.1) is 24.9 Å². The zero-order chi connectivity index (χ0) is 34.7. The van der Waals surface area contributed by atoms with Crippen LogP contribution in [-0.2, 0) is 34.8 Å². The lowest BCUT2D eigenvalue weighted by molar-refractivity contribution is -0.271. The van der Waals surface area contributed by atoms with Crippen molar-refractivity contribution >= 4 is 23.6 Å². The Bertz CT molecular complexity index is 1500. The highest BCUT2D eigenvalue weighted by atomic mass is 16.7. The zero-order valence-electron chi connectivity index (χ0n) is 29.9. The summed E-state index contributed by atoms with van der Waals surface area (Å²) in [5.41, 5.74) is -0.0860. The van der Waals surface area contributed by atoms with Crippen molar-refractivity contribution in [1.82, 2.24) is 14.9 Å². The largest absolute Gasteiger partial charge is 0.301 e. The van der Waals surface area contributed by atoms with Crippen LogP contribution in [0.3, 0.4) is 0 Å². The van der Waals surface area contributed by atoms with E-state index in [1.807, 2.05) is 67.4 Å². The Morgan fingerprint density at radius 1 is 0.723 bits per heavy atom. The van der Waals surface area contributed by atoms with Gasteiger partial charge in [0.1, 0.15) is 0 Å². The zero-order valence-corrected chi connectivity index (χ0v) is 29.9. The van der Waals surface area contributed by atoms with Crippen molar-refractivity contribution in [3.8, 4) is 0 Å². The Morgan fingerprint density at radius 3 is 1.74 bits per heavy atom. The van der Waals surface area contributed by atoms with Crippen LogP contribution in [0.25, 0.3) is 0 Å². The van der Waals surface area contributed by atoms with E-state index in [1.54, 1.807) is 14.2 Å². The van der Waals surface area contributed by atoms with Gasteiger partial charge in [0, 0.05) is 35.5 Å². The number of nitrogens with zero attached hydrogens (tertiary/aromatic N) is 3. The van der Waals surface area contributed by atoms with Crippen molar-refractivity contribution in [3.05, 3.63) is 71.8 Å². The molecule has 0 aromatic heterocycles. The fourth-order valence-corrected chi connectivity index (χ4v) is 9.46. The van der Waals surface area contributed by atoms with Gasteiger partial charge in [-0.1, -0.05) is 88.4 Å². The smallest absolute Gasteiger partial charge is 0.233 e. The van der Waals surface area contributed by atoms with Crippen LogP contribution < -0.4 is 0 Å². The van der Waals surface area contributed by atoms with Gasteiger partial charge < -0.3 is 4.84 Å². The molecule has 5 rings (SSSR count). The van der Waals surface area contributed by atoms with E-state index < -0.39 is 40.2 Å². The first kappa shape index (κ1) is 35.0. The van der Waals surface area contributed by atoms with Crippen LogP contribution in [0.5, 0.6) is 0 Å². The molecule has 0 aliphatic carbocycles. The summed E-state index contributed by atoms with van der Waals surface area (Å²) in [6, 6.07) is 19.6. The average molecular weight is 644 g/mol. The molecule has 4 amide bonds. The number of amides is 4. The van der Waals surface area contributed by atoms with Crippen molar-refractivity contribution in [2.24, 2.45) is 23.7 Å². The molecule has 3 aliphatic rings. The highest BCUT2D eigenvalue weighted by molar-refractivity contribution is 6.07. The minimum atomic E-state index is -0.890. The third-order valence-electron chi connectivity index (χ3n) is 11.6. The minimum absolute atomic E-state index is 0.161. The van der Waals surface area contributed by atoms with Crippen LogP contribution in [0.2, 0.25) is 0 Å². The fraction of sp³-hybridized carbons (Fsp3) is 0.590. The van der Waals surface area contributed by atoms with Gasteiger partial charge in [0.25, 0.3) is 0 Å². The standard InChI is InChI=1S/C39H53N3O5/c1-25-29(34(45)41(32(25)43)28-21-37(4,5)42(47-10)38(6,7)22-28)24-39(8,27-19-15-12-16-20-27)31-30(33(44)40(9)35(31)46)23-36(2,3)26-17-13-11-14-18-26/h11-20,25,28-31H,21-24H2,1-10H3. The van der Waals surface area contributed by atoms with E-state index in [2.05, 4.69) is 53.7 Å². The maximum absolute atomic E-state index is 14.5. The van der Waals surface area contributed by atoms with E-state index >= 15 is 0 Å². The maximum Gasteiger partial charge on any atom is 0.233 e. The van der Waals surface area contributed by atoms with E-state index in [4.69, 9.17) is 4.84 Å². The Morgan fingerprint density at radius 2 is 1.23 bits per heavy atom. The summed E-state index contributed by atoms with van der Waals surface area (Å²) in [5, 5.41) is 1.98. The van der Waals surface area contributed by atoms with Crippen LogP contribution in [0, 0.1) is 23.7 Å². The number of carbonyl (C=O) groups is 4. The monoisotopic (exact) mass is 643 g/mol. The number of hydroxylamine groups is 2. The summed E-state index contributed by atoms with van der Waals surface area (Å²) in [4.78, 5) is 65.3. The first-order valence-corrected chi connectivity index (χ1v) is 17.0. The van der Waals surface area contributed by atoms with Crippen LogP contribution in [0.1, 0.15) is 92.2 Å². The molecule has 5 atom stereocenters. The molecule has 3 heterocycles. The number of imide groups is 2. The summed E-state index contributed by atoms with van der Waals surface area (Å²) in [6.07, 6.45) is 1.94. The van der Waals surface area contributed by atoms with Crippen LogP contribution in [0.4, 0.5) is 0 Å². The molecular weight excluding hydrogens is 590 g/mol. The molecule has 47 heavy (non-hydrogen) atoms. The third kappa shape index (κ3) is 5.97. The molecule has 0 spiro atoms. The summed E-state index contributed by atoms with van der Waals surface area (Å²) < 4.78 is 0. The molecule has 3 fully saturated rings. The van der Waals surface area contributed by atoms with Crippen molar-refractivity contribution in [1.29, 1.82) is 0 Å². The Hall–Kier alpha value is -3.36. The van der Waals surface area contributed by atoms with Gasteiger partial charge in [-0.05, 0) is 69.9 Å². The van der Waals surface area contributed by atoms with Gasteiger partial charge in [-0.25, -0.2) is 0 Å². The molecule has 8 nitrogen and oxygen atoms in total. The van der Waals surface area contributed by atoms with E-state index in [0.29, 0.717) is 19.3 Å². The second-order valence-electron chi connectivity index (χ2n) is 16.4. The molecular formula is C39H53N3O5. The predicted molar refractivity (Wildman–Crippen MR) is 182 cm³/mol. The normalized spacial score (nSPS) is 28.3. The number of piperidine rings is 1. The summed E-state index contributed by atoms with van der Waals surface area (Å²) >= 11 is 0. The molecule has 0 bridgehead atoms. The average Bonchev–Trinajstić information content (AvgIpc) is 3.34. The molecule has 0 radical (unpaired) electrons. The number of likely N-dealkylation sites (tertiary alicyclic amines) is 2. The first-order chi connectivity index (χ1) is 21.9. The summed E-state index contributed by atoms with van der Waals surface area (Å²) in [6.45, 7) is 16.4. The fourth-order valence-electron chi connectivity index (χ4n) is 9.46. The van der Waals surface area contributed by atoms with Crippen molar-refractivity contribution < 1.29 is 24.0 Å². The Balaban J connectivity index is 1.53. The number of hydrogen-bond donors (Lipinski definition) is 0. The van der Waals surface area contributed by atoms with Crippen molar-refractivity contribution in [3.63, 3.8) is 0 Å². The molecule has 3 aliphatic heterocycles. The van der Waals surface area contributed by atoms with E-state index in [1.165, 1.54) is 9.80 Å². The predicted octanol–water partition coefficient (Wildman–Crippen LogP) is 6.14. The van der Waals surface area contributed by atoms with Gasteiger partial charge in [0.15, 0.2) is 0 Å². The molecule has 5 unspecified atom stereocenters. The van der Waals surface area contributed by atoms with Crippen molar-refractivity contribution in [2.75, 3.05) is 14.2 Å². The summed E-state index contributed by atoms with van der Waals surface area (Å²) in [5.74, 6) is -3.24. The van der Waals surface area contributed by atoms with E-state index in [9.17, 15) is 19.2 Å². The number of carbonyl (C=O) groups excluding carboxylic acids is 4. The SMILES string of the molecule is CON1C(C)(C)CC(N2C(=O)C(C)C(CC(C)(c3ccccc3)C3C(=O)N(C)C(=O)C3CC(C)(C)c3ccccc3)C2=O)CC1(C)C. The lowest BCUT2D eigenvalue weighted by atomic mass is 9.60. The van der Waals surface area contributed by atoms with Crippen LogP contribution in [0.15, 0.2) is 60.7 Å². The molecule has 0 saturated carbocycles. The molecule has 8 heteroatoms. The number of hydrogen-bond acceptors (Lipinski definition) is 6. The summed E-state index contributed by atoms with van der Waals surface area (Å²) in [7, 11) is 3.24. The number of rotatable bonds is 9. The van der Waals surface area contributed by atoms with Gasteiger partial charge in [-0.15, -0.1) is 0 Å². The first-order valence-electron chi connectivity index (χ1n) is 17.0. The molecule has 254 valence electrons. The minimum Gasteiger partial charge on any atom is -0.301 e. The van der Waals surface area contributed by atoms with Gasteiger partial charge in [-0.2, -0.15) is 5.06 Å².